The van der Waals surface area contributed by atoms with E-state index >= 15 is 0 Å². The fourth-order valence-corrected chi connectivity index (χ4v) is 2.09. The lowest BCUT2D eigenvalue weighted by Crippen LogP contribution is -1.98. The van der Waals surface area contributed by atoms with Crippen molar-refractivity contribution in [2.75, 3.05) is 6.61 Å². The van der Waals surface area contributed by atoms with Crippen LogP contribution in [0.5, 0.6) is 5.75 Å². The molecular weight excluding hydrogens is 255 g/mol. The molecule has 0 atom stereocenters. The van der Waals surface area contributed by atoms with Gasteiger partial charge in [-0.25, -0.2) is 9.37 Å². The molecule has 2 rings (SSSR count). The van der Waals surface area contributed by atoms with E-state index in [1.807, 2.05) is 13.0 Å². The number of nitrogens with zero attached hydrogens (tertiary/aromatic N) is 2. The Morgan fingerprint density at radius 2 is 2.00 bits per heavy atom. The topological polar surface area (TPSA) is 45.9 Å². The number of hydrogen-bond acceptors (Lipinski definition) is 3. The van der Waals surface area contributed by atoms with Crippen LogP contribution < -0.4 is 4.74 Å². The second-order valence-corrected chi connectivity index (χ2v) is 4.47. The molecule has 0 unspecified atom stereocenters. The lowest BCUT2D eigenvalue weighted by Gasteiger charge is -2.11. The Labute approximate surface area is 117 Å². The summed E-state index contributed by atoms with van der Waals surface area (Å²) in [5, 5.41) is 9.09. The lowest BCUT2D eigenvalue weighted by molar-refractivity contribution is 0.340. The number of aryl methyl sites for hydroxylation is 1. The van der Waals surface area contributed by atoms with Crippen LogP contribution in [0.15, 0.2) is 24.3 Å². The average molecular weight is 270 g/mol. The summed E-state index contributed by atoms with van der Waals surface area (Å²) in [4.78, 5) is 4.15. The van der Waals surface area contributed by atoms with E-state index in [9.17, 15) is 4.39 Å². The molecule has 1 heterocycles. The molecule has 0 aliphatic heterocycles. The van der Waals surface area contributed by atoms with E-state index in [0.717, 1.165) is 0 Å². The van der Waals surface area contributed by atoms with Gasteiger partial charge in [-0.05, 0) is 56.2 Å². The van der Waals surface area contributed by atoms with Crippen molar-refractivity contribution in [3.05, 3.63) is 47.0 Å². The Morgan fingerprint density at radius 3 is 2.65 bits per heavy atom. The number of benzene rings is 1. The Morgan fingerprint density at radius 1 is 1.25 bits per heavy atom. The summed E-state index contributed by atoms with van der Waals surface area (Å²) in [5.74, 6) is 0.266. The van der Waals surface area contributed by atoms with E-state index in [2.05, 4.69) is 4.98 Å². The van der Waals surface area contributed by atoms with Gasteiger partial charge >= 0.3 is 0 Å². The van der Waals surface area contributed by atoms with Gasteiger partial charge in [-0.2, -0.15) is 5.26 Å². The van der Waals surface area contributed by atoms with Crippen molar-refractivity contribution < 1.29 is 9.13 Å². The monoisotopic (exact) mass is 270 g/mol. The van der Waals surface area contributed by atoms with Crippen molar-refractivity contribution in [3.63, 3.8) is 0 Å². The molecule has 0 fully saturated rings. The molecule has 0 N–H and O–H groups in total. The Bertz CT molecular complexity index is 690. The molecule has 0 bridgehead atoms. The molecule has 0 amide bonds. The van der Waals surface area contributed by atoms with Gasteiger partial charge in [-0.1, -0.05) is 0 Å². The quantitative estimate of drug-likeness (QED) is 0.852. The fourth-order valence-electron chi connectivity index (χ4n) is 2.09. The van der Waals surface area contributed by atoms with Crippen molar-refractivity contribution in [1.29, 1.82) is 5.26 Å². The van der Waals surface area contributed by atoms with Crippen molar-refractivity contribution in [3.8, 4) is 22.9 Å². The number of rotatable bonds is 3. The molecule has 3 nitrogen and oxygen atoms in total. The summed E-state index contributed by atoms with van der Waals surface area (Å²) in [5.41, 5.74) is 2.78. The standard InChI is InChI=1S/C16H15FN2O/c1-4-20-12-5-6-15(17)14(8-12)13-7-10(2)19-16(9-18)11(13)3/h5-8H,4H2,1-3H3. The molecule has 20 heavy (non-hydrogen) atoms. The van der Waals surface area contributed by atoms with E-state index in [4.69, 9.17) is 10.00 Å². The van der Waals surface area contributed by atoms with Crippen LogP contribution in [0, 0.1) is 31.0 Å². The third kappa shape index (κ3) is 2.62. The van der Waals surface area contributed by atoms with Gasteiger partial charge in [0.25, 0.3) is 0 Å². The first-order valence-corrected chi connectivity index (χ1v) is 6.38. The minimum absolute atomic E-state index is 0.321. The average Bonchev–Trinajstić information content (AvgIpc) is 2.43. The maximum absolute atomic E-state index is 14.1. The van der Waals surface area contributed by atoms with E-state index in [-0.39, 0.29) is 5.82 Å². The summed E-state index contributed by atoms with van der Waals surface area (Å²) < 4.78 is 19.5. The number of aromatic nitrogens is 1. The molecule has 0 saturated heterocycles. The molecule has 0 aliphatic carbocycles. The largest absolute Gasteiger partial charge is 0.494 e. The summed E-state index contributed by atoms with van der Waals surface area (Å²) in [6.07, 6.45) is 0. The third-order valence-electron chi connectivity index (χ3n) is 3.05. The second kappa shape index (κ2) is 5.70. The van der Waals surface area contributed by atoms with Crippen molar-refractivity contribution >= 4 is 0 Å². The van der Waals surface area contributed by atoms with Crippen LogP contribution in [0.1, 0.15) is 23.9 Å². The summed E-state index contributed by atoms with van der Waals surface area (Å²) in [6, 6.07) is 8.45. The smallest absolute Gasteiger partial charge is 0.144 e. The zero-order valence-electron chi connectivity index (χ0n) is 11.7. The molecule has 102 valence electrons. The van der Waals surface area contributed by atoms with Gasteiger partial charge in [0.05, 0.1) is 6.61 Å². The van der Waals surface area contributed by atoms with Crippen LogP contribution in [0.2, 0.25) is 0 Å². The van der Waals surface area contributed by atoms with Gasteiger partial charge < -0.3 is 4.74 Å². The molecule has 0 spiro atoms. The maximum Gasteiger partial charge on any atom is 0.144 e. The number of nitriles is 1. The SMILES string of the molecule is CCOc1ccc(F)c(-c2cc(C)nc(C#N)c2C)c1. The van der Waals surface area contributed by atoms with Gasteiger partial charge in [0.2, 0.25) is 0 Å². The van der Waals surface area contributed by atoms with Gasteiger partial charge in [-0.3, -0.25) is 0 Å². The van der Waals surface area contributed by atoms with Crippen LogP contribution in [-0.4, -0.2) is 11.6 Å². The minimum atomic E-state index is -0.342. The molecular formula is C16H15FN2O. The van der Waals surface area contributed by atoms with Crippen molar-refractivity contribution in [1.82, 2.24) is 4.98 Å². The first-order valence-electron chi connectivity index (χ1n) is 6.38. The highest BCUT2D eigenvalue weighted by Crippen LogP contribution is 2.31. The predicted molar refractivity (Wildman–Crippen MR) is 75.0 cm³/mol. The van der Waals surface area contributed by atoms with Crippen molar-refractivity contribution in [2.45, 2.75) is 20.8 Å². The Balaban J connectivity index is 2.65. The first-order chi connectivity index (χ1) is 9.56. The Kier molecular flexibility index (Phi) is 3.99. The molecule has 4 heteroatoms. The van der Waals surface area contributed by atoms with Crippen LogP contribution in [0.4, 0.5) is 4.39 Å². The summed E-state index contributed by atoms with van der Waals surface area (Å²) in [7, 11) is 0. The molecule has 0 saturated carbocycles. The highest BCUT2D eigenvalue weighted by atomic mass is 19.1. The number of pyridine rings is 1. The van der Waals surface area contributed by atoms with E-state index in [1.54, 1.807) is 32.0 Å². The zero-order valence-corrected chi connectivity index (χ0v) is 11.7. The Hall–Kier alpha value is -2.41. The number of hydrogen-bond donors (Lipinski definition) is 0. The summed E-state index contributed by atoms with van der Waals surface area (Å²) >= 11 is 0. The second-order valence-electron chi connectivity index (χ2n) is 4.47. The van der Waals surface area contributed by atoms with Gasteiger partial charge in [-0.15, -0.1) is 0 Å². The van der Waals surface area contributed by atoms with Crippen LogP contribution in [0.25, 0.3) is 11.1 Å². The zero-order chi connectivity index (χ0) is 14.7. The maximum atomic E-state index is 14.1. The van der Waals surface area contributed by atoms with E-state index in [0.29, 0.717) is 40.4 Å². The summed E-state index contributed by atoms with van der Waals surface area (Å²) in [6.45, 7) is 5.95. The molecule has 2 aromatic rings. The van der Waals surface area contributed by atoms with Gasteiger partial charge in [0.15, 0.2) is 0 Å². The van der Waals surface area contributed by atoms with Gasteiger partial charge in [0, 0.05) is 11.3 Å². The highest BCUT2D eigenvalue weighted by molar-refractivity contribution is 5.71. The third-order valence-corrected chi connectivity index (χ3v) is 3.05. The van der Waals surface area contributed by atoms with Crippen LogP contribution in [0.3, 0.4) is 0 Å². The lowest BCUT2D eigenvalue weighted by atomic mass is 9.98. The van der Waals surface area contributed by atoms with Gasteiger partial charge in [0.1, 0.15) is 23.3 Å². The van der Waals surface area contributed by atoms with Crippen LogP contribution in [-0.2, 0) is 0 Å². The van der Waals surface area contributed by atoms with E-state index in [1.165, 1.54) is 6.07 Å². The highest BCUT2D eigenvalue weighted by Gasteiger charge is 2.13. The van der Waals surface area contributed by atoms with Crippen molar-refractivity contribution in [2.24, 2.45) is 0 Å². The number of halogens is 1. The first kappa shape index (κ1) is 14.0. The normalized spacial score (nSPS) is 10.2. The molecule has 0 aliphatic rings. The molecule has 1 aromatic carbocycles. The predicted octanol–water partition coefficient (Wildman–Crippen LogP) is 3.77. The molecule has 1 aromatic heterocycles. The number of ether oxygens (including phenoxy) is 1. The van der Waals surface area contributed by atoms with Crippen LogP contribution >= 0.6 is 0 Å². The fraction of sp³-hybridized carbons (Fsp3) is 0.250. The minimum Gasteiger partial charge on any atom is -0.494 e. The van der Waals surface area contributed by atoms with E-state index < -0.39 is 0 Å². The molecule has 0 radical (unpaired) electrons.